The summed E-state index contributed by atoms with van der Waals surface area (Å²) in [5.41, 5.74) is -0.0439. The van der Waals surface area contributed by atoms with Gasteiger partial charge in [-0.15, -0.1) is 8.78 Å². The second-order valence-electron chi connectivity index (χ2n) is 6.26. The molecule has 0 bridgehead atoms. The van der Waals surface area contributed by atoms with Crippen molar-refractivity contribution >= 4 is 15.6 Å². The number of rotatable bonds is 4. The van der Waals surface area contributed by atoms with E-state index in [1.54, 1.807) is 0 Å². The van der Waals surface area contributed by atoms with Crippen LogP contribution in [-0.4, -0.2) is 42.8 Å². The molecule has 25 heavy (non-hydrogen) atoms. The quantitative estimate of drug-likeness (QED) is 0.744. The lowest BCUT2D eigenvalue weighted by Crippen LogP contribution is -2.55. The van der Waals surface area contributed by atoms with Crippen LogP contribution in [0, 0.1) is 0 Å². The van der Waals surface area contributed by atoms with Gasteiger partial charge in [0.25, 0.3) is 0 Å². The Hall–Kier alpha value is -2.07. The third-order valence-corrected chi connectivity index (χ3v) is 6.27. The van der Waals surface area contributed by atoms with Crippen molar-refractivity contribution in [3.63, 3.8) is 0 Å². The van der Waals surface area contributed by atoms with Crippen LogP contribution in [0.25, 0.3) is 0 Å². The van der Waals surface area contributed by atoms with Gasteiger partial charge in [0, 0.05) is 12.2 Å². The van der Waals surface area contributed by atoms with E-state index in [1.807, 2.05) is 0 Å². The van der Waals surface area contributed by atoms with Gasteiger partial charge in [-0.25, -0.2) is 8.42 Å². The number of Topliss-reactive ketones (excluding diaryl/α,β-unsaturated/α-hetero) is 1. The van der Waals surface area contributed by atoms with Crippen molar-refractivity contribution in [2.45, 2.75) is 35.9 Å². The van der Waals surface area contributed by atoms with Crippen molar-refractivity contribution in [3.05, 3.63) is 41.5 Å². The largest absolute Gasteiger partial charge is 0.535 e. The third kappa shape index (κ3) is 2.35. The van der Waals surface area contributed by atoms with Crippen LogP contribution in [0.1, 0.15) is 34.9 Å². The van der Waals surface area contributed by atoms with Crippen LogP contribution in [-0.2, 0) is 19.3 Å². The normalized spacial score (nSPS) is 30.5. The monoisotopic (exact) mass is 373 g/mol. The molecule has 1 aliphatic heterocycles. The minimum atomic E-state index is -4.22. The van der Waals surface area contributed by atoms with Gasteiger partial charge in [0.2, 0.25) is 0 Å². The highest BCUT2D eigenvalue weighted by Crippen LogP contribution is 2.48. The lowest BCUT2D eigenvalue weighted by Gasteiger charge is -2.32. The van der Waals surface area contributed by atoms with Crippen molar-refractivity contribution < 1.29 is 36.0 Å². The summed E-state index contributed by atoms with van der Waals surface area (Å²) in [5, 5.41) is 3.58. The first kappa shape index (κ1) is 16.4. The molecule has 0 amide bonds. The summed E-state index contributed by atoms with van der Waals surface area (Å²) in [6, 6.07) is 0. The third-order valence-electron chi connectivity index (χ3n) is 4.50. The van der Waals surface area contributed by atoms with Crippen molar-refractivity contribution in [2.75, 3.05) is 6.26 Å². The molecule has 2 aliphatic carbocycles. The van der Waals surface area contributed by atoms with E-state index in [0.29, 0.717) is 0 Å². The van der Waals surface area contributed by atoms with E-state index in [2.05, 4.69) is 14.6 Å². The van der Waals surface area contributed by atoms with Gasteiger partial charge in [-0.1, -0.05) is 17.3 Å². The van der Waals surface area contributed by atoms with E-state index in [0.717, 1.165) is 37.4 Å². The van der Waals surface area contributed by atoms with Crippen LogP contribution in [0.15, 0.2) is 34.7 Å². The standard InChI is InChI=1S/C15H13F2NO6S/c1-25(20,21)14(6-2-3-10-13(14)23-15(16,17)22-10)12(19)9-7-18-24-11(9)8-4-5-8/h2-3,6-8,13H,4-5H2,1H3. The summed E-state index contributed by atoms with van der Waals surface area (Å²) < 4.78 is 63.8. The number of fused-ring (bicyclic) bond motifs is 1. The molecule has 7 nitrogen and oxygen atoms in total. The van der Waals surface area contributed by atoms with Crippen molar-refractivity contribution in [2.24, 2.45) is 0 Å². The average molecular weight is 373 g/mol. The maximum absolute atomic E-state index is 13.6. The number of aromatic nitrogens is 1. The van der Waals surface area contributed by atoms with E-state index in [1.165, 1.54) is 6.08 Å². The molecule has 10 heteroatoms. The second-order valence-corrected chi connectivity index (χ2v) is 8.48. The predicted octanol–water partition coefficient (Wildman–Crippen LogP) is 1.94. The Labute approximate surface area is 141 Å². The Morgan fingerprint density at radius 1 is 1.36 bits per heavy atom. The smallest absolute Gasteiger partial charge is 0.411 e. The number of ether oxygens (including phenoxy) is 2. The fourth-order valence-electron chi connectivity index (χ4n) is 3.15. The number of hydrogen-bond acceptors (Lipinski definition) is 7. The number of sulfone groups is 1. The Kier molecular flexibility index (Phi) is 3.27. The molecular weight excluding hydrogens is 360 g/mol. The zero-order valence-electron chi connectivity index (χ0n) is 12.9. The molecule has 0 aromatic carbocycles. The van der Waals surface area contributed by atoms with E-state index in [9.17, 15) is 22.0 Å². The van der Waals surface area contributed by atoms with Gasteiger partial charge in [0.1, 0.15) is 5.76 Å². The number of halogens is 2. The number of nitrogens with zero attached hydrogens (tertiary/aromatic N) is 1. The second kappa shape index (κ2) is 4.98. The molecule has 0 radical (unpaired) electrons. The summed E-state index contributed by atoms with van der Waals surface area (Å²) in [7, 11) is -4.22. The first-order valence-corrected chi connectivity index (χ1v) is 9.38. The highest BCUT2D eigenvalue weighted by Gasteiger charge is 2.64. The molecule has 2 heterocycles. The van der Waals surface area contributed by atoms with Crippen LogP contribution in [0.4, 0.5) is 8.78 Å². The minimum absolute atomic E-state index is 0.0252. The molecule has 2 atom stereocenters. The van der Waals surface area contributed by atoms with Crippen molar-refractivity contribution in [3.8, 4) is 0 Å². The molecular formula is C15H13F2NO6S. The summed E-state index contributed by atoms with van der Waals surface area (Å²) in [6.07, 6.45) is 1.05. The number of allylic oxidation sites excluding steroid dienone is 2. The molecule has 0 spiro atoms. The number of alkyl halides is 2. The lowest BCUT2D eigenvalue weighted by molar-refractivity contribution is -0.342. The summed E-state index contributed by atoms with van der Waals surface area (Å²) in [5.74, 6) is -1.10. The predicted molar refractivity (Wildman–Crippen MR) is 78.5 cm³/mol. The number of hydrogen-bond donors (Lipinski definition) is 0. The molecule has 134 valence electrons. The molecule has 2 unspecified atom stereocenters. The Balaban J connectivity index is 1.87. The topological polar surface area (TPSA) is 95.7 Å². The molecule has 2 fully saturated rings. The fraction of sp³-hybridized carbons (Fsp3) is 0.467. The van der Waals surface area contributed by atoms with E-state index in [-0.39, 0.29) is 17.2 Å². The van der Waals surface area contributed by atoms with Gasteiger partial charge >= 0.3 is 6.29 Å². The SMILES string of the molecule is CS(=O)(=O)C1(C(=O)c2cnoc2C2CC2)C=CC=C2OC(F)(F)OC21. The van der Waals surface area contributed by atoms with Crippen molar-refractivity contribution in [1.29, 1.82) is 0 Å². The van der Waals surface area contributed by atoms with E-state index >= 15 is 0 Å². The molecule has 1 saturated carbocycles. The molecule has 0 N–H and O–H groups in total. The summed E-state index contributed by atoms with van der Waals surface area (Å²) >= 11 is 0. The van der Waals surface area contributed by atoms with Crippen molar-refractivity contribution in [1.82, 2.24) is 5.16 Å². The highest BCUT2D eigenvalue weighted by molar-refractivity contribution is 7.93. The number of carbonyl (C=O) groups is 1. The molecule has 1 aromatic rings. The van der Waals surface area contributed by atoms with Gasteiger partial charge in [-0.3, -0.25) is 9.53 Å². The molecule has 4 rings (SSSR count). The number of ketones is 1. The van der Waals surface area contributed by atoms with Gasteiger partial charge in [-0.05, 0) is 18.9 Å². The summed E-state index contributed by atoms with van der Waals surface area (Å²) in [4.78, 5) is 13.2. The maximum Gasteiger partial charge on any atom is 0.535 e. The summed E-state index contributed by atoms with van der Waals surface area (Å²) in [6.45, 7) is 0. The van der Waals surface area contributed by atoms with Gasteiger partial charge < -0.3 is 9.26 Å². The first-order chi connectivity index (χ1) is 11.7. The van der Waals surface area contributed by atoms with Crippen LogP contribution < -0.4 is 0 Å². The fourth-order valence-corrected chi connectivity index (χ4v) is 4.48. The minimum Gasteiger partial charge on any atom is -0.411 e. The van der Waals surface area contributed by atoms with Gasteiger partial charge in [0.15, 0.2) is 32.2 Å². The van der Waals surface area contributed by atoms with Gasteiger partial charge in [-0.2, -0.15) is 0 Å². The Bertz CT molecular complexity index is 914. The highest BCUT2D eigenvalue weighted by atomic mass is 32.2. The van der Waals surface area contributed by atoms with E-state index in [4.69, 9.17) is 4.52 Å². The molecule has 1 saturated heterocycles. The number of carbonyl (C=O) groups excluding carboxylic acids is 1. The van der Waals surface area contributed by atoms with Crippen LogP contribution in [0.2, 0.25) is 0 Å². The van der Waals surface area contributed by atoms with E-state index < -0.39 is 38.5 Å². The first-order valence-electron chi connectivity index (χ1n) is 7.49. The Morgan fingerprint density at radius 2 is 2.08 bits per heavy atom. The lowest BCUT2D eigenvalue weighted by atomic mass is 9.87. The molecule has 1 aromatic heterocycles. The maximum atomic E-state index is 13.6. The average Bonchev–Trinajstić information content (AvgIpc) is 3.13. The van der Waals surface area contributed by atoms with Crippen LogP contribution in [0.3, 0.4) is 0 Å². The van der Waals surface area contributed by atoms with Crippen LogP contribution in [0.5, 0.6) is 0 Å². The van der Waals surface area contributed by atoms with Crippen LogP contribution >= 0.6 is 0 Å². The van der Waals surface area contributed by atoms with Gasteiger partial charge in [0.05, 0.1) is 11.8 Å². The zero-order valence-corrected chi connectivity index (χ0v) is 13.8. The zero-order chi connectivity index (χ0) is 18.0. The Morgan fingerprint density at radius 3 is 2.72 bits per heavy atom. The molecule has 3 aliphatic rings.